The summed E-state index contributed by atoms with van der Waals surface area (Å²) in [7, 11) is 4.57. The molecule has 2 aromatic carbocycles. The predicted molar refractivity (Wildman–Crippen MR) is 132 cm³/mol. The van der Waals surface area contributed by atoms with Crippen LogP contribution in [-0.4, -0.2) is 81.7 Å². The molecule has 0 bridgehead atoms. The molecule has 1 heterocycles. The second-order valence-electron chi connectivity index (χ2n) is 8.27. The molecule has 1 saturated heterocycles. The van der Waals surface area contributed by atoms with E-state index in [-0.39, 0.29) is 17.9 Å². The molecule has 1 atom stereocenters. The Morgan fingerprint density at radius 1 is 0.943 bits per heavy atom. The molecular formula is C25H33FN4O5. The number of anilines is 2. The minimum atomic E-state index is -0.390. The molecule has 0 spiro atoms. The van der Waals surface area contributed by atoms with Crippen molar-refractivity contribution in [2.24, 2.45) is 0 Å². The van der Waals surface area contributed by atoms with Gasteiger partial charge < -0.3 is 29.7 Å². The molecule has 1 fully saturated rings. The van der Waals surface area contributed by atoms with Crippen molar-refractivity contribution in [3.63, 3.8) is 0 Å². The molecule has 1 aliphatic rings. The average Bonchev–Trinajstić information content (AvgIpc) is 2.86. The number of halogens is 1. The van der Waals surface area contributed by atoms with Crippen LogP contribution < -0.4 is 24.8 Å². The summed E-state index contributed by atoms with van der Waals surface area (Å²) >= 11 is 0. The Kier molecular flexibility index (Phi) is 9.27. The zero-order chi connectivity index (χ0) is 25.4. The highest BCUT2D eigenvalue weighted by molar-refractivity contribution is 5.94. The first-order chi connectivity index (χ1) is 16.8. The van der Waals surface area contributed by atoms with Gasteiger partial charge in [-0.3, -0.25) is 14.5 Å². The molecule has 3 rings (SSSR count). The van der Waals surface area contributed by atoms with E-state index in [9.17, 15) is 14.0 Å². The molecule has 0 aromatic heterocycles. The highest BCUT2D eigenvalue weighted by Crippen LogP contribution is 2.39. The Morgan fingerprint density at radius 2 is 1.60 bits per heavy atom. The van der Waals surface area contributed by atoms with E-state index in [1.54, 1.807) is 24.3 Å². The number of methoxy groups -OCH3 is 3. The molecule has 35 heavy (non-hydrogen) atoms. The summed E-state index contributed by atoms with van der Waals surface area (Å²) in [4.78, 5) is 29.4. The Bertz CT molecular complexity index is 1000. The molecule has 2 amide bonds. The maximum absolute atomic E-state index is 13.4. The van der Waals surface area contributed by atoms with Gasteiger partial charge in [-0.2, -0.15) is 0 Å². The third-order valence-corrected chi connectivity index (χ3v) is 6.03. The van der Waals surface area contributed by atoms with Crippen LogP contribution in [0.2, 0.25) is 0 Å². The van der Waals surface area contributed by atoms with Crippen LogP contribution in [0.3, 0.4) is 0 Å². The van der Waals surface area contributed by atoms with Crippen LogP contribution in [0.4, 0.5) is 15.8 Å². The number of carbonyl (C=O) groups excluding carboxylic acids is 2. The summed E-state index contributed by atoms with van der Waals surface area (Å²) in [6.07, 6.45) is 0.326. The third kappa shape index (κ3) is 7.06. The van der Waals surface area contributed by atoms with Gasteiger partial charge in [0.25, 0.3) is 0 Å². The van der Waals surface area contributed by atoms with Crippen LogP contribution in [0.1, 0.15) is 13.3 Å². The molecule has 10 heteroatoms. The lowest BCUT2D eigenvalue weighted by atomic mass is 10.2. The largest absolute Gasteiger partial charge is 0.493 e. The fraction of sp³-hybridized carbons (Fsp3) is 0.440. The number of benzene rings is 2. The molecule has 0 saturated carbocycles. The van der Waals surface area contributed by atoms with Gasteiger partial charge in [-0.1, -0.05) is 6.07 Å². The summed E-state index contributed by atoms with van der Waals surface area (Å²) in [6, 6.07) is 8.89. The van der Waals surface area contributed by atoms with Crippen molar-refractivity contribution < 1.29 is 28.2 Å². The van der Waals surface area contributed by atoms with Crippen molar-refractivity contribution in [3.05, 3.63) is 42.2 Å². The van der Waals surface area contributed by atoms with Crippen molar-refractivity contribution in [1.82, 2.24) is 9.80 Å². The molecule has 190 valence electrons. The Hall–Kier alpha value is -3.37. The van der Waals surface area contributed by atoms with Crippen molar-refractivity contribution in [2.75, 3.05) is 64.7 Å². The number of carbonyl (C=O) groups is 2. The van der Waals surface area contributed by atoms with Gasteiger partial charge in [0, 0.05) is 62.7 Å². The van der Waals surface area contributed by atoms with Gasteiger partial charge in [-0.05, 0) is 25.1 Å². The first kappa shape index (κ1) is 26.2. The maximum Gasteiger partial charge on any atom is 0.241 e. The number of rotatable bonds is 10. The van der Waals surface area contributed by atoms with Crippen molar-refractivity contribution in [1.29, 1.82) is 0 Å². The lowest BCUT2D eigenvalue weighted by Gasteiger charge is -2.37. The van der Waals surface area contributed by atoms with Gasteiger partial charge in [0.2, 0.25) is 17.6 Å². The van der Waals surface area contributed by atoms with E-state index in [1.165, 1.54) is 33.5 Å². The van der Waals surface area contributed by atoms with E-state index in [4.69, 9.17) is 14.2 Å². The van der Waals surface area contributed by atoms with Crippen LogP contribution in [0.25, 0.3) is 0 Å². The van der Waals surface area contributed by atoms with Crippen LogP contribution in [0.5, 0.6) is 17.2 Å². The van der Waals surface area contributed by atoms with Crippen LogP contribution in [-0.2, 0) is 9.59 Å². The second-order valence-corrected chi connectivity index (χ2v) is 8.27. The van der Waals surface area contributed by atoms with Gasteiger partial charge in [0.05, 0.1) is 27.4 Å². The molecular weight excluding hydrogens is 455 g/mol. The summed E-state index contributed by atoms with van der Waals surface area (Å²) < 4.78 is 29.3. The maximum atomic E-state index is 13.4. The van der Waals surface area contributed by atoms with E-state index >= 15 is 0 Å². The summed E-state index contributed by atoms with van der Waals surface area (Å²) in [5.74, 6) is 0.712. The molecule has 2 aromatic rings. The van der Waals surface area contributed by atoms with E-state index in [0.717, 1.165) is 13.1 Å². The Labute approximate surface area is 205 Å². The monoisotopic (exact) mass is 488 g/mol. The zero-order valence-corrected chi connectivity index (χ0v) is 20.6. The number of nitrogens with zero attached hydrogens (tertiary/aromatic N) is 2. The third-order valence-electron chi connectivity index (χ3n) is 6.03. The number of piperazine rings is 1. The van der Waals surface area contributed by atoms with Crippen molar-refractivity contribution >= 4 is 23.2 Å². The normalized spacial score (nSPS) is 15.2. The van der Waals surface area contributed by atoms with E-state index < -0.39 is 5.82 Å². The molecule has 1 aliphatic heterocycles. The van der Waals surface area contributed by atoms with Gasteiger partial charge >= 0.3 is 0 Å². The summed E-state index contributed by atoms with van der Waals surface area (Å²) in [5, 5.41) is 5.64. The molecule has 0 aliphatic carbocycles. The fourth-order valence-electron chi connectivity index (χ4n) is 3.99. The molecule has 9 nitrogen and oxygen atoms in total. The van der Waals surface area contributed by atoms with Crippen LogP contribution in [0, 0.1) is 5.82 Å². The van der Waals surface area contributed by atoms with Gasteiger partial charge in [-0.25, -0.2) is 4.39 Å². The predicted octanol–water partition coefficient (Wildman–Crippen LogP) is 2.82. The highest BCUT2D eigenvalue weighted by atomic mass is 19.1. The van der Waals surface area contributed by atoms with Crippen molar-refractivity contribution in [2.45, 2.75) is 19.4 Å². The number of amides is 2. The smallest absolute Gasteiger partial charge is 0.241 e. The first-order valence-corrected chi connectivity index (χ1v) is 11.5. The van der Waals surface area contributed by atoms with Gasteiger partial charge in [0.1, 0.15) is 5.82 Å². The lowest BCUT2D eigenvalue weighted by Crippen LogP contribution is -2.53. The van der Waals surface area contributed by atoms with Gasteiger partial charge in [0.15, 0.2) is 11.5 Å². The molecule has 0 radical (unpaired) electrons. The molecule has 2 N–H and O–H groups in total. The highest BCUT2D eigenvalue weighted by Gasteiger charge is 2.26. The number of hydrogen-bond donors (Lipinski definition) is 2. The number of nitrogens with one attached hydrogen (secondary N) is 2. The summed E-state index contributed by atoms with van der Waals surface area (Å²) in [6.45, 7) is 5.34. The zero-order valence-electron chi connectivity index (χ0n) is 20.6. The number of ether oxygens (including phenoxy) is 3. The van der Waals surface area contributed by atoms with E-state index in [0.29, 0.717) is 54.7 Å². The van der Waals surface area contributed by atoms with Gasteiger partial charge in [-0.15, -0.1) is 0 Å². The lowest BCUT2D eigenvalue weighted by molar-refractivity contribution is -0.121. The van der Waals surface area contributed by atoms with E-state index in [2.05, 4.69) is 20.4 Å². The van der Waals surface area contributed by atoms with E-state index in [1.807, 2.05) is 6.92 Å². The average molecular weight is 489 g/mol. The SMILES string of the molecule is COc1cc(NC(=O)CCN2CCN(C(C)C(=O)Nc3cccc(F)c3)CC2)cc(OC)c1OC. The topological polar surface area (TPSA) is 92.4 Å². The Balaban J connectivity index is 1.45. The number of hydrogen-bond acceptors (Lipinski definition) is 7. The van der Waals surface area contributed by atoms with Crippen LogP contribution in [0.15, 0.2) is 36.4 Å². The minimum Gasteiger partial charge on any atom is -0.493 e. The molecule has 1 unspecified atom stereocenters. The summed E-state index contributed by atoms with van der Waals surface area (Å²) in [5.41, 5.74) is 1.01. The standard InChI is InChI=1S/C25H33FN4O5/c1-17(25(32)28-19-7-5-6-18(26)14-19)30-12-10-29(11-13-30)9-8-23(31)27-20-15-21(33-2)24(35-4)22(16-20)34-3/h5-7,14-17H,8-13H2,1-4H3,(H,27,31)(H,28,32). The Morgan fingerprint density at radius 3 is 2.17 bits per heavy atom. The van der Waals surface area contributed by atoms with Crippen LogP contribution >= 0.6 is 0 Å². The van der Waals surface area contributed by atoms with Crippen molar-refractivity contribution in [3.8, 4) is 17.2 Å². The second kappa shape index (κ2) is 12.4. The fourth-order valence-corrected chi connectivity index (χ4v) is 3.99. The first-order valence-electron chi connectivity index (χ1n) is 11.5. The quantitative estimate of drug-likeness (QED) is 0.531. The minimum absolute atomic E-state index is 0.121.